The van der Waals surface area contributed by atoms with Crippen LogP contribution in [0.2, 0.25) is 0 Å². The number of hydrogen-bond donors (Lipinski definition) is 1. The van der Waals surface area contributed by atoms with Gasteiger partial charge in [0, 0.05) is 25.6 Å². The van der Waals surface area contributed by atoms with Crippen LogP contribution in [0.4, 0.5) is 18.3 Å². The Morgan fingerprint density at radius 2 is 2.14 bits per heavy atom. The van der Waals surface area contributed by atoms with Crippen LogP contribution < -0.4 is 5.32 Å². The molecular formula is C18H18F3N5O2S. The van der Waals surface area contributed by atoms with Gasteiger partial charge in [0.2, 0.25) is 5.91 Å². The molecule has 1 N–H and O–H groups in total. The third-order valence-corrected chi connectivity index (χ3v) is 5.74. The second-order valence-electron chi connectivity index (χ2n) is 6.85. The molecule has 4 rings (SSSR count). The number of alkyl halides is 3. The highest BCUT2D eigenvalue weighted by molar-refractivity contribution is 7.21. The highest BCUT2D eigenvalue weighted by Gasteiger charge is 2.35. The molecule has 154 valence electrons. The van der Waals surface area contributed by atoms with E-state index in [2.05, 4.69) is 20.3 Å². The van der Waals surface area contributed by atoms with E-state index in [-0.39, 0.29) is 5.92 Å². The standard InChI is InChI=1S/C18H18F3N5O2S/c19-18(20,21)14-9-26(10-23-14)13(8-11-3-6-28-7-4-11)15(27)25-17-24-12-2-1-5-22-16(12)29-17/h1-2,5,9-11,13H,3-4,6-8H2,(H,24,25,27). The summed E-state index contributed by atoms with van der Waals surface area (Å²) in [5, 5.41) is 3.09. The summed E-state index contributed by atoms with van der Waals surface area (Å²) < 4.78 is 45.5. The molecular weight excluding hydrogens is 407 g/mol. The van der Waals surface area contributed by atoms with Crippen molar-refractivity contribution in [1.29, 1.82) is 0 Å². The fraction of sp³-hybridized carbons (Fsp3) is 0.444. The van der Waals surface area contributed by atoms with Crippen LogP contribution >= 0.6 is 11.3 Å². The number of thiazole rings is 1. The Balaban J connectivity index is 1.57. The number of rotatable bonds is 5. The van der Waals surface area contributed by atoms with Gasteiger partial charge in [0.1, 0.15) is 16.4 Å². The molecule has 0 aliphatic carbocycles. The van der Waals surface area contributed by atoms with Gasteiger partial charge in [-0.05, 0) is 37.3 Å². The predicted octanol–water partition coefficient (Wildman–Crippen LogP) is 3.90. The van der Waals surface area contributed by atoms with Crippen LogP contribution in [-0.2, 0) is 15.7 Å². The molecule has 0 saturated carbocycles. The number of imidazole rings is 1. The molecule has 7 nitrogen and oxygen atoms in total. The molecule has 3 aromatic rings. The molecule has 1 aliphatic heterocycles. The summed E-state index contributed by atoms with van der Waals surface area (Å²) in [5.74, 6) is -0.255. The molecule has 1 unspecified atom stereocenters. The first-order valence-electron chi connectivity index (χ1n) is 9.11. The minimum absolute atomic E-state index is 0.174. The van der Waals surface area contributed by atoms with E-state index in [4.69, 9.17) is 4.74 Å². The Morgan fingerprint density at radius 1 is 1.34 bits per heavy atom. The smallest absolute Gasteiger partial charge is 0.381 e. The maximum Gasteiger partial charge on any atom is 0.434 e. The number of carbonyl (C=O) groups is 1. The van der Waals surface area contributed by atoms with Gasteiger partial charge in [-0.2, -0.15) is 13.2 Å². The number of anilines is 1. The predicted molar refractivity (Wildman–Crippen MR) is 100 cm³/mol. The van der Waals surface area contributed by atoms with E-state index in [0.29, 0.717) is 35.1 Å². The third kappa shape index (κ3) is 4.56. The molecule has 29 heavy (non-hydrogen) atoms. The van der Waals surface area contributed by atoms with Gasteiger partial charge >= 0.3 is 6.18 Å². The number of carbonyl (C=O) groups excluding carboxylic acids is 1. The molecule has 1 aliphatic rings. The quantitative estimate of drug-likeness (QED) is 0.671. The number of nitrogens with zero attached hydrogens (tertiary/aromatic N) is 4. The number of fused-ring (bicyclic) bond motifs is 1. The lowest BCUT2D eigenvalue weighted by Crippen LogP contribution is -2.29. The number of pyridine rings is 1. The summed E-state index contributed by atoms with van der Waals surface area (Å²) in [4.78, 5) is 25.6. The summed E-state index contributed by atoms with van der Waals surface area (Å²) in [6.45, 7) is 1.17. The molecule has 1 saturated heterocycles. The number of hydrogen-bond acceptors (Lipinski definition) is 6. The zero-order chi connectivity index (χ0) is 20.4. The van der Waals surface area contributed by atoms with Crippen LogP contribution in [-0.4, -0.2) is 38.6 Å². The first-order chi connectivity index (χ1) is 13.9. The number of nitrogens with one attached hydrogen (secondary N) is 1. The van der Waals surface area contributed by atoms with E-state index < -0.39 is 23.8 Å². The monoisotopic (exact) mass is 425 g/mol. The molecule has 11 heteroatoms. The van der Waals surface area contributed by atoms with Crippen molar-refractivity contribution in [2.45, 2.75) is 31.5 Å². The minimum atomic E-state index is -4.57. The van der Waals surface area contributed by atoms with Crippen molar-refractivity contribution in [1.82, 2.24) is 19.5 Å². The first kappa shape index (κ1) is 19.8. The first-order valence-corrected chi connectivity index (χ1v) is 9.92. The average Bonchev–Trinajstić information content (AvgIpc) is 3.33. The van der Waals surface area contributed by atoms with Gasteiger partial charge in [0.25, 0.3) is 0 Å². The van der Waals surface area contributed by atoms with Crippen molar-refractivity contribution >= 4 is 32.7 Å². The van der Waals surface area contributed by atoms with Gasteiger partial charge in [-0.3, -0.25) is 4.79 Å². The van der Waals surface area contributed by atoms with Crippen molar-refractivity contribution in [3.05, 3.63) is 36.5 Å². The highest BCUT2D eigenvalue weighted by atomic mass is 32.1. The number of ether oxygens (including phenoxy) is 1. The fourth-order valence-corrected chi connectivity index (χ4v) is 4.14. The molecule has 0 aromatic carbocycles. The average molecular weight is 425 g/mol. The second kappa shape index (κ2) is 8.07. The fourth-order valence-electron chi connectivity index (χ4n) is 3.33. The van der Waals surface area contributed by atoms with Crippen LogP contribution in [0.1, 0.15) is 31.0 Å². The molecule has 0 bridgehead atoms. The Morgan fingerprint density at radius 3 is 2.83 bits per heavy atom. The van der Waals surface area contributed by atoms with E-state index in [1.54, 1.807) is 18.3 Å². The van der Waals surface area contributed by atoms with Crippen LogP contribution in [0, 0.1) is 5.92 Å². The lowest BCUT2D eigenvalue weighted by Gasteiger charge is -2.26. The van der Waals surface area contributed by atoms with Crippen LogP contribution in [0.15, 0.2) is 30.9 Å². The van der Waals surface area contributed by atoms with E-state index in [1.165, 1.54) is 15.9 Å². The Kier molecular flexibility index (Phi) is 5.50. The number of aromatic nitrogens is 4. The van der Waals surface area contributed by atoms with E-state index in [9.17, 15) is 18.0 Å². The third-order valence-electron chi connectivity index (χ3n) is 4.85. The van der Waals surface area contributed by atoms with Gasteiger partial charge in [0.05, 0.1) is 6.33 Å². The van der Waals surface area contributed by atoms with Crippen molar-refractivity contribution in [3.8, 4) is 0 Å². The number of amides is 1. The summed E-state index contributed by atoms with van der Waals surface area (Å²) in [7, 11) is 0. The molecule has 3 aromatic heterocycles. The Hall–Kier alpha value is -2.53. The summed E-state index contributed by atoms with van der Waals surface area (Å²) in [6.07, 6.45) is 0.918. The normalized spacial score (nSPS) is 16.8. The van der Waals surface area contributed by atoms with Crippen LogP contribution in [0.5, 0.6) is 0 Å². The Bertz CT molecular complexity index is 964. The van der Waals surface area contributed by atoms with Gasteiger partial charge in [-0.1, -0.05) is 11.3 Å². The largest absolute Gasteiger partial charge is 0.434 e. The maximum absolute atomic E-state index is 13.0. The maximum atomic E-state index is 13.0. The van der Waals surface area contributed by atoms with Gasteiger partial charge in [-0.15, -0.1) is 0 Å². The second-order valence-corrected chi connectivity index (χ2v) is 7.82. The zero-order valence-electron chi connectivity index (χ0n) is 15.2. The van der Waals surface area contributed by atoms with Gasteiger partial charge in [-0.25, -0.2) is 15.0 Å². The van der Waals surface area contributed by atoms with E-state index in [0.717, 1.165) is 25.4 Å². The minimum Gasteiger partial charge on any atom is -0.381 e. The molecule has 0 spiro atoms. The zero-order valence-corrected chi connectivity index (χ0v) is 16.0. The van der Waals surface area contributed by atoms with E-state index >= 15 is 0 Å². The lowest BCUT2D eigenvalue weighted by atomic mass is 9.92. The Labute approximate surface area is 167 Å². The molecule has 4 heterocycles. The molecule has 1 fully saturated rings. The van der Waals surface area contributed by atoms with Crippen molar-refractivity contribution in [3.63, 3.8) is 0 Å². The highest BCUT2D eigenvalue weighted by Crippen LogP contribution is 2.32. The van der Waals surface area contributed by atoms with Crippen LogP contribution in [0.3, 0.4) is 0 Å². The van der Waals surface area contributed by atoms with Crippen molar-refractivity contribution < 1.29 is 22.7 Å². The van der Waals surface area contributed by atoms with Crippen LogP contribution in [0.25, 0.3) is 10.3 Å². The summed E-state index contributed by atoms with van der Waals surface area (Å²) in [6, 6.07) is 2.69. The lowest BCUT2D eigenvalue weighted by molar-refractivity contribution is -0.141. The topological polar surface area (TPSA) is 81.9 Å². The molecule has 1 amide bonds. The van der Waals surface area contributed by atoms with Crippen molar-refractivity contribution in [2.75, 3.05) is 18.5 Å². The molecule has 1 atom stereocenters. The van der Waals surface area contributed by atoms with Crippen molar-refractivity contribution in [2.24, 2.45) is 5.92 Å². The molecule has 0 radical (unpaired) electrons. The summed E-state index contributed by atoms with van der Waals surface area (Å²) >= 11 is 1.21. The van der Waals surface area contributed by atoms with E-state index in [1.807, 2.05) is 0 Å². The number of halogens is 3. The van der Waals surface area contributed by atoms with Gasteiger partial charge < -0.3 is 14.6 Å². The summed E-state index contributed by atoms with van der Waals surface area (Å²) in [5.41, 5.74) is -0.373. The SMILES string of the molecule is O=C(Nc1nc2cccnc2s1)C(CC1CCOCC1)n1cnc(C(F)(F)F)c1. The van der Waals surface area contributed by atoms with Gasteiger partial charge in [0.15, 0.2) is 10.8 Å².